The molecule has 0 unspecified atom stereocenters. The third-order valence-corrected chi connectivity index (χ3v) is 5.19. The van der Waals surface area contributed by atoms with Crippen molar-refractivity contribution in [3.63, 3.8) is 0 Å². The number of ether oxygens (including phenoxy) is 2. The van der Waals surface area contributed by atoms with Gasteiger partial charge in [0.25, 0.3) is 5.91 Å². The maximum Gasteiger partial charge on any atom is 0.390 e. The molecule has 2 heterocycles. The van der Waals surface area contributed by atoms with Crippen LogP contribution in [-0.2, 0) is 29.0 Å². The average Bonchev–Trinajstić information content (AvgIpc) is 3.14. The van der Waals surface area contributed by atoms with E-state index in [4.69, 9.17) is 9.47 Å². The third-order valence-electron chi connectivity index (χ3n) is 5.19. The number of amides is 1. The van der Waals surface area contributed by atoms with E-state index in [1.807, 2.05) is 0 Å². The van der Waals surface area contributed by atoms with E-state index in [0.29, 0.717) is 22.6 Å². The minimum Gasteiger partial charge on any atom is -0.484 e. The molecule has 1 aliphatic rings. The molecule has 3 rings (SSSR count). The van der Waals surface area contributed by atoms with Crippen molar-refractivity contribution in [1.29, 1.82) is 0 Å². The van der Waals surface area contributed by atoms with Gasteiger partial charge in [-0.1, -0.05) is 0 Å². The van der Waals surface area contributed by atoms with E-state index in [1.54, 1.807) is 31.2 Å². The molecular weight excluding hydrogens is 443 g/mol. The maximum atomic E-state index is 12.7. The third kappa shape index (κ3) is 6.11. The molecule has 11 heteroatoms. The largest absolute Gasteiger partial charge is 0.484 e. The summed E-state index contributed by atoms with van der Waals surface area (Å²) in [4.78, 5) is 37.8. The number of Topliss-reactive ketones (excluding diaryl/α,β-unsaturated/α-hetero) is 1. The average molecular weight is 467 g/mol. The monoisotopic (exact) mass is 467 g/mol. The predicted molar refractivity (Wildman–Crippen MR) is 110 cm³/mol. The molecule has 0 N–H and O–H groups in total. The molecule has 0 atom stereocenters. The Morgan fingerprint density at radius 3 is 2.45 bits per heavy atom. The molecule has 0 bridgehead atoms. The molecule has 178 valence electrons. The molecule has 0 spiro atoms. The van der Waals surface area contributed by atoms with Gasteiger partial charge in [-0.05, 0) is 38.1 Å². The van der Waals surface area contributed by atoms with Gasteiger partial charge in [-0.15, -0.1) is 0 Å². The van der Waals surface area contributed by atoms with Gasteiger partial charge >= 0.3 is 12.1 Å². The summed E-state index contributed by atoms with van der Waals surface area (Å²) in [6.07, 6.45) is -5.19. The number of carbonyl (C=O) groups excluding carboxylic acids is 3. The minimum absolute atomic E-state index is 0.0148. The number of hydrogen-bond acceptors (Lipinski definition) is 6. The topological polar surface area (TPSA) is 90.7 Å². The van der Waals surface area contributed by atoms with E-state index in [0.717, 1.165) is 0 Å². The van der Waals surface area contributed by atoms with Crippen molar-refractivity contribution in [3.8, 4) is 5.75 Å². The summed E-state index contributed by atoms with van der Waals surface area (Å²) in [6, 6.07) is 6.36. The number of alkyl halides is 3. The van der Waals surface area contributed by atoms with Gasteiger partial charge < -0.3 is 14.4 Å². The number of aryl methyl sites for hydroxylation is 1. The number of aromatic nitrogens is 2. The molecule has 0 fully saturated rings. The SMILES string of the molecule is CCOC(=O)c1nn(CCC(F)(F)F)c2c1CN(C(=O)COc1ccc(C(C)=O)cc1)CC2. The lowest BCUT2D eigenvalue weighted by atomic mass is 10.0. The van der Waals surface area contributed by atoms with Crippen LogP contribution in [0, 0.1) is 0 Å². The van der Waals surface area contributed by atoms with Crippen molar-refractivity contribution in [3.05, 3.63) is 46.8 Å². The Morgan fingerprint density at radius 2 is 1.85 bits per heavy atom. The summed E-state index contributed by atoms with van der Waals surface area (Å²) < 4.78 is 49.8. The van der Waals surface area contributed by atoms with Crippen molar-refractivity contribution in [2.75, 3.05) is 19.8 Å². The maximum absolute atomic E-state index is 12.7. The van der Waals surface area contributed by atoms with Gasteiger partial charge in [-0.3, -0.25) is 14.3 Å². The standard InChI is InChI=1S/C22H24F3N3O5/c1-3-32-21(31)20-17-12-27(10-8-18(17)28(26-20)11-9-22(23,24)25)19(30)13-33-16-6-4-15(5-7-16)14(2)29/h4-7H,3,8-13H2,1-2H3. The highest BCUT2D eigenvalue weighted by Gasteiger charge is 2.33. The van der Waals surface area contributed by atoms with Gasteiger partial charge in [0.15, 0.2) is 18.1 Å². The zero-order valence-electron chi connectivity index (χ0n) is 18.3. The highest BCUT2D eigenvalue weighted by atomic mass is 19.4. The molecular formula is C22H24F3N3O5. The van der Waals surface area contributed by atoms with E-state index in [1.165, 1.54) is 16.5 Å². The van der Waals surface area contributed by atoms with E-state index >= 15 is 0 Å². The molecule has 1 aromatic carbocycles. The number of fused-ring (bicyclic) bond motifs is 1. The van der Waals surface area contributed by atoms with E-state index in [9.17, 15) is 27.6 Å². The highest BCUT2D eigenvalue weighted by molar-refractivity contribution is 5.94. The molecule has 8 nitrogen and oxygen atoms in total. The van der Waals surface area contributed by atoms with Crippen LogP contribution in [0.3, 0.4) is 0 Å². The fourth-order valence-electron chi connectivity index (χ4n) is 3.51. The number of halogens is 3. The number of nitrogens with zero attached hydrogens (tertiary/aromatic N) is 3. The van der Waals surface area contributed by atoms with Crippen LogP contribution in [0.15, 0.2) is 24.3 Å². The molecule has 2 aromatic rings. The van der Waals surface area contributed by atoms with Crippen molar-refractivity contribution < 1.29 is 37.0 Å². The smallest absolute Gasteiger partial charge is 0.390 e. The normalized spacial score (nSPS) is 13.4. The minimum atomic E-state index is -4.36. The van der Waals surface area contributed by atoms with Crippen LogP contribution in [0.4, 0.5) is 13.2 Å². The fraction of sp³-hybridized carbons (Fsp3) is 0.455. The molecule has 0 saturated carbocycles. The van der Waals surface area contributed by atoms with Crippen LogP contribution in [0.25, 0.3) is 0 Å². The summed E-state index contributed by atoms with van der Waals surface area (Å²) >= 11 is 0. The van der Waals surface area contributed by atoms with Gasteiger partial charge in [0.05, 0.1) is 19.6 Å². The van der Waals surface area contributed by atoms with Crippen molar-refractivity contribution in [2.45, 2.75) is 46.0 Å². The van der Waals surface area contributed by atoms with E-state index < -0.39 is 25.1 Å². The summed E-state index contributed by atoms with van der Waals surface area (Å²) in [5, 5.41) is 4.07. The van der Waals surface area contributed by atoms with Crippen molar-refractivity contribution in [1.82, 2.24) is 14.7 Å². The summed E-state index contributed by atoms with van der Waals surface area (Å²) in [5.74, 6) is -0.766. The lowest BCUT2D eigenvalue weighted by molar-refractivity contribution is -0.137. The summed E-state index contributed by atoms with van der Waals surface area (Å²) in [6.45, 7) is 2.71. The van der Waals surface area contributed by atoms with E-state index in [-0.39, 0.29) is 50.1 Å². The van der Waals surface area contributed by atoms with E-state index in [2.05, 4.69) is 5.10 Å². The molecule has 1 aromatic heterocycles. The summed E-state index contributed by atoms with van der Waals surface area (Å²) in [5.41, 5.74) is 1.33. The first-order chi connectivity index (χ1) is 15.6. The van der Waals surface area contributed by atoms with Gasteiger partial charge in [0, 0.05) is 36.3 Å². The second kappa shape index (κ2) is 10.1. The van der Waals surface area contributed by atoms with Gasteiger partial charge in [-0.25, -0.2) is 4.79 Å². The predicted octanol–water partition coefficient (Wildman–Crippen LogP) is 3.18. The van der Waals surface area contributed by atoms with Crippen LogP contribution in [0.1, 0.15) is 52.4 Å². The fourth-order valence-corrected chi connectivity index (χ4v) is 3.51. The lowest BCUT2D eigenvalue weighted by Gasteiger charge is -2.28. The second-order valence-corrected chi connectivity index (χ2v) is 7.52. The number of esters is 1. The van der Waals surface area contributed by atoms with Gasteiger partial charge in [0.1, 0.15) is 5.75 Å². The molecule has 0 radical (unpaired) electrons. The van der Waals surface area contributed by atoms with Crippen LogP contribution < -0.4 is 4.74 Å². The molecule has 33 heavy (non-hydrogen) atoms. The molecule has 0 saturated heterocycles. The van der Waals surface area contributed by atoms with Crippen molar-refractivity contribution >= 4 is 17.7 Å². The Bertz CT molecular complexity index is 1030. The lowest BCUT2D eigenvalue weighted by Crippen LogP contribution is -2.39. The quantitative estimate of drug-likeness (QED) is 0.438. The zero-order chi connectivity index (χ0) is 24.2. The van der Waals surface area contributed by atoms with Crippen LogP contribution in [-0.4, -0.2) is 58.3 Å². The Hall–Kier alpha value is -3.37. The number of carbonyl (C=O) groups is 3. The Morgan fingerprint density at radius 1 is 1.15 bits per heavy atom. The zero-order valence-corrected chi connectivity index (χ0v) is 18.3. The molecule has 0 aliphatic carbocycles. The number of benzene rings is 1. The van der Waals surface area contributed by atoms with Crippen LogP contribution >= 0.6 is 0 Å². The number of rotatable bonds is 8. The van der Waals surface area contributed by atoms with Crippen LogP contribution in [0.2, 0.25) is 0 Å². The molecule has 1 aliphatic heterocycles. The Labute approximate surface area is 188 Å². The first-order valence-electron chi connectivity index (χ1n) is 10.4. The van der Waals surface area contributed by atoms with Gasteiger partial charge in [-0.2, -0.15) is 18.3 Å². The Balaban J connectivity index is 1.71. The Kier molecular flexibility index (Phi) is 7.39. The van der Waals surface area contributed by atoms with Crippen LogP contribution in [0.5, 0.6) is 5.75 Å². The molecule has 1 amide bonds. The summed E-state index contributed by atoms with van der Waals surface area (Å²) in [7, 11) is 0. The second-order valence-electron chi connectivity index (χ2n) is 7.52. The van der Waals surface area contributed by atoms with Gasteiger partial charge in [0.2, 0.25) is 0 Å². The number of hydrogen-bond donors (Lipinski definition) is 0. The first-order valence-corrected chi connectivity index (χ1v) is 10.4. The number of ketones is 1. The first kappa shape index (κ1) is 24.3. The highest BCUT2D eigenvalue weighted by Crippen LogP contribution is 2.26. The van der Waals surface area contributed by atoms with Crippen molar-refractivity contribution in [2.24, 2.45) is 0 Å².